The molecule has 192 valence electrons. The van der Waals surface area contributed by atoms with Gasteiger partial charge in [-0.25, -0.2) is 0 Å². The first-order valence-electron chi connectivity index (χ1n) is 14.3. The number of aromatic hydroxyl groups is 2. The predicted octanol–water partition coefficient (Wildman–Crippen LogP) is 10.5. The van der Waals surface area contributed by atoms with E-state index in [0.29, 0.717) is 11.5 Å². The second kappa shape index (κ2) is 11.4. The Bertz CT molecular complexity index is 1550. The van der Waals surface area contributed by atoms with Crippen molar-refractivity contribution in [2.75, 3.05) is 0 Å². The number of unbranched alkanes of at least 4 members (excludes halogenated alkanes) is 9. The van der Waals surface area contributed by atoms with Crippen molar-refractivity contribution in [1.29, 1.82) is 0 Å². The molecule has 0 spiro atoms. The van der Waals surface area contributed by atoms with Gasteiger partial charge in [-0.05, 0) is 83.3 Å². The molecule has 2 N–H and O–H groups in total. The Morgan fingerprint density at radius 3 is 1.57 bits per heavy atom. The van der Waals surface area contributed by atoms with Crippen LogP contribution in [0.3, 0.4) is 0 Å². The minimum atomic E-state index is 0.310. The molecule has 0 amide bonds. The summed E-state index contributed by atoms with van der Waals surface area (Å²) in [7, 11) is 0. The van der Waals surface area contributed by atoms with E-state index >= 15 is 0 Å². The van der Waals surface area contributed by atoms with E-state index in [4.69, 9.17) is 0 Å². The lowest BCUT2D eigenvalue weighted by atomic mass is 9.94. The van der Waals surface area contributed by atoms with E-state index in [-0.39, 0.29) is 0 Å². The van der Waals surface area contributed by atoms with Crippen LogP contribution in [0.5, 0.6) is 11.5 Å². The Kier molecular flexibility index (Phi) is 7.84. The zero-order valence-corrected chi connectivity index (χ0v) is 22.4. The number of fused-ring (bicyclic) bond motifs is 4. The summed E-state index contributed by atoms with van der Waals surface area (Å²) in [5.41, 5.74) is 2.42. The van der Waals surface area contributed by atoms with Crippen molar-refractivity contribution in [3.63, 3.8) is 0 Å². The maximum atomic E-state index is 11.3. The van der Waals surface area contributed by atoms with Crippen molar-refractivity contribution in [1.82, 2.24) is 0 Å². The maximum absolute atomic E-state index is 11.3. The molecule has 2 heteroatoms. The number of aryl methyl sites for hydroxylation is 2. The highest BCUT2D eigenvalue weighted by Gasteiger charge is 2.13. The molecule has 0 aliphatic heterocycles. The molecule has 0 atom stereocenters. The van der Waals surface area contributed by atoms with E-state index in [1.54, 1.807) is 0 Å². The topological polar surface area (TPSA) is 40.5 Å². The fraction of sp³-hybridized carbons (Fsp3) is 0.371. The standard InChI is InChI=1S/C35H40O2/c1-3-4-5-6-7-8-9-10-11-12-13-25-15-17-27-21-29-22-32-28(23-33(29)35(37)31(27)19-25)20-26-16-14-24(2)18-30(26)34(32)36/h14-23,36-37H,3-13H2,1-2H3. The minimum Gasteiger partial charge on any atom is -0.507 e. The van der Waals surface area contributed by atoms with Crippen molar-refractivity contribution < 1.29 is 10.2 Å². The van der Waals surface area contributed by atoms with Gasteiger partial charge in [0.05, 0.1) is 0 Å². The second-order valence-corrected chi connectivity index (χ2v) is 11.0. The van der Waals surface area contributed by atoms with Gasteiger partial charge in [0.1, 0.15) is 11.5 Å². The van der Waals surface area contributed by atoms with Crippen molar-refractivity contribution in [2.45, 2.75) is 84.5 Å². The molecule has 0 aromatic heterocycles. The lowest BCUT2D eigenvalue weighted by Crippen LogP contribution is -1.88. The largest absolute Gasteiger partial charge is 0.507 e. The first-order valence-corrected chi connectivity index (χ1v) is 14.3. The number of benzene rings is 5. The molecule has 37 heavy (non-hydrogen) atoms. The molecule has 0 unspecified atom stereocenters. The molecule has 0 fully saturated rings. The van der Waals surface area contributed by atoms with Gasteiger partial charge >= 0.3 is 0 Å². The van der Waals surface area contributed by atoms with Crippen LogP contribution in [0.25, 0.3) is 43.1 Å². The summed E-state index contributed by atoms with van der Waals surface area (Å²) in [5.74, 6) is 0.646. The maximum Gasteiger partial charge on any atom is 0.131 e. The Morgan fingerprint density at radius 2 is 0.973 bits per heavy atom. The summed E-state index contributed by atoms with van der Waals surface area (Å²) in [6, 6.07) is 20.9. The van der Waals surface area contributed by atoms with Crippen LogP contribution < -0.4 is 0 Å². The molecule has 0 heterocycles. The Hall–Kier alpha value is -3.26. The van der Waals surface area contributed by atoms with Crippen LogP contribution in [-0.2, 0) is 6.42 Å². The van der Waals surface area contributed by atoms with Crippen LogP contribution in [0.1, 0.15) is 82.3 Å². The Labute approximate surface area is 220 Å². The van der Waals surface area contributed by atoms with Crippen molar-refractivity contribution in [3.05, 3.63) is 71.8 Å². The summed E-state index contributed by atoms with van der Waals surface area (Å²) >= 11 is 0. The average Bonchev–Trinajstić information content (AvgIpc) is 2.90. The fourth-order valence-electron chi connectivity index (χ4n) is 5.81. The second-order valence-electron chi connectivity index (χ2n) is 11.0. The van der Waals surface area contributed by atoms with Gasteiger partial charge in [-0.15, -0.1) is 0 Å². The Morgan fingerprint density at radius 1 is 0.486 bits per heavy atom. The summed E-state index contributed by atoms with van der Waals surface area (Å²) in [4.78, 5) is 0. The van der Waals surface area contributed by atoms with E-state index in [1.807, 2.05) is 31.2 Å². The van der Waals surface area contributed by atoms with Gasteiger partial charge in [0.15, 0.2) is 0 Å². The summed E-state index contributed by atoms with van der Waals surface area (Å²) in [5, 5.41) is 29.7. The average molecular weight is 493 g/mol. The highest BCUT2D eigenvalue weighted by Crippen LogP contribution is 2.41. The van der Waals surface area contributed by atoms with Gasteiger partial charge in [0, 0.05) is 21.5 Å². The third-order valence-electron chi connectivity index (χ3n) is 8.01. The first kappa shape index (κ1) is 25.4. The highest BCUT2D eigenvalue weighted by atomic mass is 16.3. The molecule has 0 saturated carbocycles. The number of phenols is 2. The third kappa shape index (κ3) is 5.54. The third-order valence-corrected chi connectivity index (χ3v) is 8.01. The summed E-state index contributed by atoms with van der Waals surface area (Å²) < 4.78 is 0. The summed E-state index contributed by atoms with van der Waals surface area (Å²) in [6.45, 7) is 4.31. The Balaban J connectivity index is 1.32. The summed E-state index contributed by atoms with van der Waals surface area (Å²) in [6.07, 6.45) is 14.5. The SMILES string of the molecule is CCCCCCCCCCCCc1ccc2cc3cc4c(O)c5cc(C)ccc5cc4cc3c(O)c2c1. The van der Waals surface area contributed by atoms with Gasteiger partial charge in [-0.2, -0.15) is 0 Å². The first-order chi connectivity index (χ1) is 18.0. The quantitative estimate of drug-likeness (QED) is 0.142. The zero-order valence-electron chi connectivity index (χ0n) is 22.4. The molecule has 0 saturated heterocycles. The molecular weight excluding hydrogens is 452 g/mol. The van der Waals surface area contributed by atoms with Gasteiger partial charge in [0.25, 0.3) is 0 Å². The lowest BCUT2D eigenvalue weighted by Gasteiger charge is -2.12. The van der Waals surface area contributed by atoms with Crippen molar-refractivity contribution >= 4 is 43.1 Å². The van der Waals surface area contributed by atoms with Crippen LogP contribution in [-0.4, -0.2) is 10.2 Å². The fourth-order valence-corrected chi connectivity index (χ4v) is 5.81. The van der Waals surface area contributed by atoms with Crippen LogP contribution in [0.15, 0.2) is 60.7 Å². The van der Waals surface area contributed by atoms with Crippen LogP contribution in [0, 0.1) is 6.92 Å². The van der Waals surface area contributed by atoms with Crippen LogP contribution in [0.4, 0.5) is 0 Å². The molecule has 0 bridgehead atoms. The molecule has 0 aliphatic rings. The molecule has 0 aliphatic carbocycles. The lowest BCUT2D eigenvalue weighted by molar-refractivity contribution is 0.486. The van der Waals surface area contributed by atoms with Gasteiger partial charge in [-0.1, -0.05) is 94.5 Å². The van der Waals surface area contributed by atoms with E-state index in [2.05, 4.69) is 43.3 Å². The molecular formula is C35H40O2. The number of hydrogen-bond acceptors (Lipinski definition) is 2. The van der Waals surface area contributed by atoms with E-state index in [1.165, 1.54) is 69.8 Å². The van der Waals surface area contributed by atoms with Crippen molar-refractivity contribution in [2.24, 2.45) is 0 Å². The van der Waals surface area contributed by atoms with E-state index in [0.717, 1.165) is 55.1 Å². The molecule has 5 aromatic rings. The normalized spacial score (nSPS) is 11.8. The zero-order chi connectivity index (χ0) is 25.8. The number of rotatable bonds is 11. The highest BCUT2D eigenvalue weighted by molar-refractivity contribution is 6.14. The molecule has 0 radical (unpaired) electrons. The smallest absolute Gasteiger partial charge is 0.131 e. The van der Waals surface area contributed by atoms with E-state index < -0.39 is 0 Å². The van der Waals surface area contributed by atoms with Crippen molar-refractivity contribution in [3.8, 4) is 11.5 Å². The minimum absolute atomic E-state index is 0.310. The number of phenolic OH excluding ortho intramolecular Hbond substituents is 2. The van der Waals surface area contributed by atoms with Gasteiger partial charge in [0.2, 0.25) is 0 Å². The van der Waals surface area contributed by atoms with Crippen LogP contribution in [0.2, 0.25) is 0 Å². The number of hydrogen-bond donors (Lipinski definition) is 2. The molecule has 5 rings (SSSR count). The van der Waals surface area contributed by atoms with Gasteiger partial charge in [-0.3, -0.25) is 0 Å². The molecule has 5 aromatic carbocycles. The van der Waals surface area contributed by atoms with Crippen LogP contribution >= 0.6 is 0 Å². The predicted molar refractivity (Wildman–Crippen MR) is 160 cm³/mol. The van der Waals surface area contributed by atoms with Gasteiger partial charge < -0.3 is 10.2 Å². The molecule has 2 nitrogen and oxygen atoms in total. The monoisotopic (exact) mass is 492 g/mol. The van der Waals surface area contributed by atoms with E-state index in [9.17, 15) is 10.2 Å².